The van der Waals surface area contributed by atoms with Crippen LogP contribution < -0.4 is 10.0 Å². The van der Waals surface area contributed by atoms with Gasteiger partial charge >= 0.3 is 0 Å². The minimum Gasteiger partial charge on any atom is -0.317 e. The number of fused-ring (bicyclic) bond motifs is 1. The zero-order valence-electron chi connectivity index (χ0n) is 13.4. The van der Waals surface area contributed by atoms with E-state index in [1.165, 1.54) is 6.07 Å². The quantitative estimate of drug-likeness (QED) is 0.861. The number of nitrogens with one attached hydrogen (secondary N) is 2. The van der Waals surface area contributed by atoms with Crippen molar-refractivity contribution in [3.05, 3.63) is 36.5 Å². The highest BCUT2D eigenvalue weighted by Gasteiger charge is 2.21. The molecule has 0 atom stereocenters. The Morgan fingerprint density at radius 3 is 2.79 bits per heavy atom. The number of pyridine rings is 1. The van der Waals surface area contributed by atoms with Crippen LogP contribution in [0.2, 0.25) is 0 Å². The molecular formula is C17H21N3O3S. The molecule has 2 heterocycles. The number of sulfonamides is 1. The zero-order valence-corrected chi connectivity index (χ0v) is 14.2. The number of carbonyl (C=O) groups excluding carboxylic acids is 1. The number of carbonyl (C=O) groups is 1. The second-order valence-electron chi connectivity index (χ2n) is 6.09. The van der Waals surface area contributed by atoms with Gasteiger partial charge in [0.1, 0.15) is 0 Å². The van der Waals surface area contributed by atoms with Gasteiger partial charge < -0.3 is 5.32 Å². The average molecular weight is 347 g/mol. The molecule has 1 aliphatic heterocycles. The molecule has 128 valence electrons. The summed E-state index contributed by atoms with van der Waals surface area (Å²) >= 11 is 0. The first-order valence-corrected chi connectivity index (χ1v) is 9.65. The molecular weight excluding hydrogens is 326 g/mol. The first kappa shape index (κ1) is 16.9. The average Bonchev–Trinajstić information content (AvgIpc) is 2.60. The Balaban J connectivity index is 1.69. The molecule has 0 radical (unpaired) electrons. The van der Waals surface area contributed by atoms with E-state index in [1.54, 1.807) is 30.5 Å². The number of rotatable bonds is 5. The van der Waals surface area contributed by atoms with Crippen LogP contribution in [-0.2, 0) is 14.8 Å². The third-order valence-electron chi connectivity index (χ3n) is 4.38. The summed E-state index contributed by atoms with van der Waals surface area (Å²) in [5, 5.41) is 3.79. The predicted molar refractivity (Wildman–Crippen MR) is 91.9 cm³/mol. The molecule has 7 heteroatoms. The van der Waals surface area contributed by atoms with Gasteiger partial charge in [-0.05, 0) is 62.5 Å². The van der Waals surface area contributed by atoms with Crippen LogP contribution in [0.1, 0.15) is 25.7 Å². The van der Waals surface area contributed by atoms with Crippen LogP contribution in [-0.4, -0.2) is 32.4 Å². The maximum Gasteiger partial charge on any atom is 0.264 e. The molecule has 24 heavy (non-hydrogen) atoms. The Labute approximate surface area is 141 Å². The maximum absolute atomic E-state index is 12.5. The van der Waals surface area contributed by atoms with E-state index in [9.17, 15) is 13.2 Å². The lowest BCUT2D eigenvalue weighted by atomic mass is 9.93. The lowest BCUT2D eigenvalue weighted by Crippen LogP contribution is -2.32. The summed E-state index contributed by atoms with van der Waals surface area (Å²) in [7, 11) is -3.89. The number of aromatic nitrogens is 1. The molecule has 2 N–H and O–H groups in total. The summed E-state index contributed by atoms with van der Waals surface area (Å²) in [6.07, 6.45) is 4.63. The number of nitrogens with zero attached hydrogens (tertiary/aromatic N) is 1. The number of hydrogen-bond acceptors (Lipinski definition) is 5. The van der Waals surface area contributed by atoms with E-state index < -0.39 is 15.9 Å². The summed E-state index contributed by atoms with van der Waals surface area (Å²) < 4.78 is 27.3. The second-order valence-corrected chi connectivity index (χ2v) is 7.74. The van der Waals surface area contributed by atoms with Crippen LogP contribution in [0.15, 0.2) is 41.4 Å². The van der Waals surface area contributed by atoms with E-state index in [4.69, 9.17) is 0 Å². The van der Waals surface area contributed by atoms with Gasteiger partial charge in [-0.3, -0.25) is 9.78 Å². The maximum atomic E-state index is 12.5. The molecule has 1 aromatic carbocycles. The predicted octanol–water partition coefficient (Wildman–Crippen LogP) is 1.82. The van der Waals surface area contributed by atoms with Crippen LogP contribution in [0.3, 0.4) is 0 Å². The number of hydrogen-bond donors (Lipinski definition) is 2. The highest BCUT2D eigenvalue weighted by molar-refractivity contribution is 7.90. The fourth-order valence-electron chi connectivity index (χ4n) is 3.07. The Morgan fingerprint density at radius 1 is 1.21 bits per heavy atom. The topological polar surface area (TPSA) is 88.2 Å². The van der Waals surface area contributed by atoms with E-state index in [0.717, 1.165) is 32.4 Å². The number of amides is 1. The van der Waals surface area contributed by atoms with Gasteiger partial charge in [-0.15, -0.1) is 0 Å². The Bertz CT molecular complexity index is 825. The van der Waals surface area contributed by atoms with Gasteiger partial charge in [-0.25, -0.2) is 13.1 Å². The van der Waals surface area contributed by atoms with Crippen molar-refractivity contribution in [1.29, 1.82) is 0 Å². The lowest BCUT2D eigenvalue weighted by molar-refractivity contribution is -0.119. The molecule has 0 spiro atoms. The number of piperidine rings is 1. The molecule has 0 unspecified atom stereocenters. The van der Waals surface area contributed by atoms with E-state index in [1.807, 2.05) is 0 Å². The molecule has 1 saturated heterocycles. The Hall–Kier alpha value is -1.99. The Kier molecular flexibility index (Phi) is 5.11. The van der Waals surface area contributed by atoms with Gasteiger partial charge in [-0.1, -0.05) is 6.07 Å². The van der Waals surface area contributed by atoms with Crippen LogP contribution in [0.4, 0.5) is 0 Å². The van der Waals surface area contributed by atoms with Crippen molar-refractivity contribution in [3.8, 4) is 0 Å². The van der Waals surface area contributed by atoms with Crippen molar-refractivity contribution in [2.75, 3.05) is 13.1 Å². The van der Waals surface area contributed by atoms with Crippen molar-refractivity contribution in [2.45, 2.75) is 30.6 Å². The van der Waals surface area contributed by atoms with Crippen LogP contribution in [0.25, 0.3) is 10.9 Å². The zero-order chi connectivity index (χ0) is 17.0. The summed E-state index contributed by atoms with van der Waals surface area (Å²) in [6.45, 7) is 1.93. The van der Waals surface area contributed by atoms with Gasteiger partial charge in [0.05, 0.1) is 10.4 Å². The van der Waals surface area contributed by atoms with Crippen molar-refractivity contribution < 1.29 is 13.2 Å². The molecule has 0 saturated carbocycles. The molecule has 3 rings (SSSR count). The minimum atomic E-state index is -3.89. The largest absolute Gasteiger partial charge is 0.317 e. The summed E-state index contributed by atoms with van der Waals surface area (Å²) in [5.41, 5.74) is 0.586. The monoisotopic (exact) mass is 347 g/mol. The van der Waals surface area contributed by atoms with Gasteiger partial charge in [0.2, 0.25) is 5.91 Å². The minimum absolute atomic E-state index is 0.0864. The highest BCUT2D eigenvalue weighted by atomic mass is 32.2. The summed E-state index contributed by atoms with van der Waals surface area (Å²) in [5.74, 6) is 0.0379. The molecule has 6 nitrogen and oxygen atoms in total. The van der Waals surface area contributed by atoms with Crippen molar-refractivity contribution >= 4 is 26.8 Å². The highest BCUT2D eigenvalue weighted by Crippen LogP contribution is 2.22. The molecule has 1 aromatic heterocycles. The molecule has 1 amide bonds. The molecule has 1 fully saturated rings. The van der Waals surface area contributed by atoms with Gasteiger partial charge in [0.15, 0.2) is 0 Å². The van der Waals surface area contributed by atoms with E-state index in [-0.39, 0.29) is 11.3 Å². The molecule has 0 bridgehead atoms. The normalized spacial score (nSPS) is 16.2. The van der Waals surface area contributed by atoms with Crippen LogP contribution >= 0.6 is 0 Å². The standard InChI is InChI=1S/C17H21N3O3S/c21-17(7-6-13-8-11-18-12-9-13)20-24(22,23)16-5-1-4-15-14(16)3-2-10-19-15/h1-5,10,13,18H,6-9,11-12H2,(H,20,21). The fourth-order valence-corrected chi connectivity index (χ4v) is 4.30. The Morgan fingerprint density at radius 2 is 2.00 bits per heavy atom. The molecule has 1 aliphatic rings. The third kappa shape index (κ3) is 3.91. The molecule has 2 aromatic rings. The van der Waals surface area contributed by atoms with E-state index in [0.29, 0.717) is 16.8 Å². The van der Waals surface area contributed by atoms with Crippen molar-refractivity contribution in [2.24, 2.45) is 5.92 Å². The van der Waals surface area contributed by atoms with Gasteiger partial charge in [0, 0.05) is 18.0 Å². The smallest absolute Gasteiger partial charge is 0.264 e. The summed E-state index contributed by atoms with van der Waals surface area (Å²) in [4.78, 5) is 16.3. The fraction of sp³-hybridized carbons (Fsp3) is 0.412. The lowest BCUT2D eigenvalue weighted by Gasteiger charge is -2.22. The van der Waals surface area contributed by atoms with Crippen LogP contribution in [0.5, 0.6) is 0 Å². The van der Waals surface area contributed by atoms with E-state index >= 15 is 0 Å². The van der Waals surface area contributed by atoms with Gasteiger partial charge in [0.25, 0.3) is 10.0 Å². The van der Waals surface area contributed by atoms with E-state index in [2.05, 4.69) is 15.0 Å². The molecule has 0 aliphatic carbocycles. The first-order valence-electron chi connectivity index (χ1n) is 8.16. The SMILES string of the molecule is O=C(CCC1CCNCC1)NS(=O)(=O)c1cccc2ncccc12. The van der Waals surface area contributed by atoms with Gasteiger partial charge in [-0.2, -0.15) is 0 Å². The summed E-state index contributed by atoms with van der Waals surface area (Å²) in [6, 6.07) is 8.24. The first-order chi connectivity index (χ1) is 11.6. The third-order valence-corrected chi connectivity index (χ3v) is 5.81. The van der Waals surface area contributed by atoms with Crippen molar-refractivity contribution in [3.63, 3.8) is 0 Å². The second kappa shape index (κ2) is 7.27. The van der Waals surface area contributed by atoms with Crippen molar-refractivity contribution in [1.82, 2.24) is 15.0 Å². The number of benzene rings is 1. The van der Waals surface area contributed by atoms with Crippen LogP contribution in [0, 0.1) is 5.92 Å².